The lowest BCUT2D eigenvalue weighted by Gasteiger charge is -2.22. The lowest BCUT2D eigenvalue weighted by Crippen LogP contribution is -2.40. The number of aliphatic hydroxyl groups is 5. The van der Waals surface area contributed by atoms with Crippen molar-refractivity contribution in [3.05, 3.63) is 195 Å². The van der Waals surface area contributed by atoms with Crippen LogP contribution in [0.2, 0.25) is 0 Å². The van der Waals surface area contributed by atoms with Gasteiger partial charge in [-0.2, -0.15) is 9.97 Å². The number of anilines is 4. The molecule has 20 unspecified atom stereocenters. The molecule has 5 aliphatic heterocycles. The predicted molar refractivity (Wildman–Crippen MR) is 473 cm³/mol. The Bertz CT molecular complexity index is 5190. The fourth-order valence-corrected chi connectivity index (χ4v) is 13.7. The Morgan fingerprint density at radius 1 is 0.364 bits per heavy atom. The number of nitrogens with two attached hydrogens (primary N) is 4. The standard InChI is InChI=1S/2C17H21N3O6.C17H20N2O7.2C14H21N5O5.3C2H6/c1-23-9-12-15(25-10-24-11-5-3-2-4-6-11)14(21)16(26-12)20-8-7-13(18)19-17(20)22;1-23-9-12-14(21)15(25-10-24-11-5-3-2-4-6-11)16(26-12)20-8-7-13(18)19-17(20)22;1-23-9-12-14(21)15(25-10-24-11-5-3-2-4-6-11)16(26-12)19-8-7-13(20)18-17(19)22;1-3-22-7-23-11-8(4-21-2)24-14(10(11)20)19-6-18-9-12(15)16-5-17-13(9)19;1-3-22-7-23-11-10(20)8(4-21-2)24-14(11)19-6-18-9-12(15)16-5-17-13(9)19;3*1-2/h2*2-8,12,14-16,21H,9-10H2,1H3,(H2,18,19,22);2-8,12,14-16,21H,9-10H2,1H3,(H,18,20,22);2*5-6,8,10-11,14,20H,3-4,7H2,1-2H3,(H2,15,16,17);3*1-2H3. The maximum Gasteiger partial charge on any atom is 0.351 e. The van der Waals surface area contributed by atoms with Gasteiger partial charge in [0.05, 0.1) is 45.7 Å². The summed E-state index contributed by atoms with van der Waals surface area (Å²) >= 11 is 0. The Labute approximate surface area is 759 Å². The Hall–Kier alpha value is -11.1. The monoisotopic (exact) mass is 1860 g/mol. The number of benzene rings is 3. The number of aromatic nitrogens is 14. The maximum absolute atomic E-state index is 12.1. The number of H-pyrrole nitrogens is 1. The summed E-state index contributed by atoms with van der Waals surface area (Å²) in [5.41, 5.74) is 22.1. The van der Waals surface area contributed by atoms with E-state index in [9.17, 15) is 44.7 Å². The molecule has 726 valence electrons. The van der Waals surface area contributed by atoms with Crippen molar-refractivity contribution >= 4 is 45.6 Å². The number of nitrogens with zero attached hydrogens (tertiary/aromatic N) is 13. The predicted octanol–water partition coefficient (Wildman–Crippen LogP) is 2.63. The number of para-hydroxylation sites is 3. The van der Waals surface area contributed by atoms with Gasteiger partial charge in [-0.15, -0.1) is 0 Å². The number of imidazole rings is 2. The Morgan fingerprint density at radius 3 is 1.04 bits per heavy atom. The van der Waals surface area contributed by atoms with E-state index in [1.165, 1.54) is 86.2 Å². The molecule has 5 saturated heterocycles. The van der Waals surface area contributed by atoms with Gasteiger partial charge < -0.3 is 143 Å². The summed E-state index contributed by atoms with van der Waals surface area (Å²) < 4.78 is 117. The van der Waals surface area contributed by atoms with E-state index >= 15 is 0 Å². The SMILES string of the molecule is CC.CC.CC.CCOCOC1C(COC)OC(n2cnc3c(N)ncnc32)C1O.CCOCOC1C(O)C(COC)OC1n1cnc2c(N)ncnc21.COCC1OC(n2ccc(=O)[nH]c2=O)C(OCOc2ccccc2)C1O.COCC1OC(n2ccc(N)nc2=O)C(O)C1OCOc1ccccc1.COCC1OC(n2ccc(N)nc2=O)C(OCOc2ccccc2)C1O. The molecule has 12 heterocycles. The first kappa shape index (κ1) is 106. The molecule has 3 aromatic carbocycles. The molecule has 47 heteroatoms. The van der Waals surface area contributed by atoms with Crippen LogP contribution in [0.1, 0.15) is 86.5 Å². The first-order valence-electron chi connectivity index (χ1n) is 42.4. The summed E-state index contributed by atoms with van der Waals surface area (Å²) in [6.45, 7) is 17.5. The molecular weight excluding hydrogens is 1740 g/mol. The van der Waals surface area contributed by atoms with Crippen molar-refractivity contribution in [2.75, 3.05) is 139 Å². The number of ether oxygens (including phenoxy) is 20. The lowest BCUT2D eigenvalue weighted by molar-refractivity contribution is -0.136. The summed E-state index contributed by atoms with van der Waals surface area (Å²) in [6, 6.07) is 31.4. The lowest BCUT2D eigenvalue weighted by atomic mass is 10.1. The molecule has 10 aromatic rings. The third-order valence-electron chi connectivity index (χ3n) is 19.7. The van der Waals surface area contributed by atoms with Crippen molar-refractivity contribution in [2.24, 2.45) is 0 Å². The quantitative estimate of drug-likeness (QED) is 0.0202. The maximum atomic E-state index is 12.1. The topological polar surface area (TPSA) is 602 Å². The highest BCUT2D eigenvalue weighted by Crippen LogP contribution is 2.38. The van der Waals surface area contributed by atoms with Gasteiger partial charge in [-0.05, 0) is 62.4 Å². The highest BCUT2D eigenvalue weighted by molar-refractivity contribution is 5.82. The van der Waals surface area contributed by atoms with E-state index in [2.05, 4.69) is 44.9 Å². The molecule has 0 bridgehead atoms. The number of nitrogen functional groups attached to an aromatic ring is 4. The highest BCUT2D eigenvalue weighted by atomic mass is 16.7. The van der Waals surface area contributed by atoms with E-state index in [4.69, 9.17) is 118 Å². The van der Waals surface area contributed by atoms with Gasteiger partial charge in [0.15, 0.2) is 74.4 Å². The van der Waals surface area contributed by atoms with Crippen LogP contribution in [0.4, 0.5) is 23.3 Å². The summed E-state index contributed by atoms with van der Waals surface area (Å²) in [5, 5.41) is 52.8. The van der Waals surface area contributed by atoms with E-state index < -0.39 is 145 Å². The van der Waals surface area contributed by atoms with Crippen LogP contribution in [-0.4, -0.2) is 301 Å². The molecule has 14 N–H and O–H groups in total. The first-order chi connectivity index (χ1) is 64.1. The third kappa shape index (κ3) is 28.5. The third-order valence-corrected chi connectivity index (χ3v) is 19.7. The van der Waals surface area contributed by atoms with E-state index in [0.29, 0.717) is 52.8 Å². The summed E-state index contributed by atoms with van der Waals surface area (Å²) in [6.07, 6.45) is -5.88. The van der Waals surface area contributed by atoms with E-state index in [1.54, 1.807) is 66.1 Å². The van der Waals surface area contributed by atoms with Gasteiger partial charge in [0.2, 0.25) is 0 Å². The average molecular weight is 1860 g/mol. The van der Waals surface area contributed by atoms with Gasteiger partial charge in [-0.25, -0.2) is 44.3 Å². The number of methoxy groups -OCH3 is 5. The molecule has 132 heavy (non-hydrogen) atoms. The fraction of sp³-hybridized carbons (Fsp3) is 0.529. The number of nitrogens with one attached hydrogen (secondary N) is 1. The van der Waals surface area contributed by atoms with Crippen molar-refractivity contribution in [1.82, 2.24) is 67.7 Å². The number of hydrogen-bond donors (Lipinski definition) is 10. The van der Waals surface area contributed by atoms with Crippen molar-refractivity contribution in [2.45, 2.75) is 178 Å². The summed E-state index contributed by atoms with van der Waals surface area (Å²) in [7, 11) is 7.58. The highest BCUT2D eigenvalue weighted by Gasteiger charge is 2.51. The second-order valence-electron chi connectivity index (χ2n) is 27.9. The van der Waals surface area contributed by atoms with Gasteiger partial charge in [0, 0.05) is 73.4 Å². The van der Waals surface area contributed by atoms with Crippen LogP contribution < -0.4 is 59.8 Å². The van der Waals surface area contributed by atoms with E-state index in [1.807, 2.05) is 110 Å². The Morgan fingerprint density at radius 2 is 0.674 bits per heavy atom. The van der Waals surface area contributed by atoms with Gasteiger partial charge >= 0.3 is 17.1 Å². The van der Waals surface area contributed by atoms with Crippen LogP contribution in [0.15, 0.2) is 172 Å². The zero-order valence-corrected chi connectivity index (χ0v) is 75.6. The van der Waals surface area contributed by atoms with Crippen molar-refractivity contribution < 1.29 is 120 Å². The molecular formula is C85H122N18O29. The van der Waals surface area contributed by atoms with E-state index in [-0.39, 0.29) is 90.3 Å². The summed E-state index contributed by atoms with van der Waals surface area (Å²) in [5.74, 6) is 2.60. The molecule has 0 radical (unpaired) electrons. The number of hydrogen-bond acceptors (Lipinski definition) is 41. The molecule has 0 aliphatic carbocycles. The van der Waals surface area contributed by atoms with Gasteiger partial charge in [-0.3, -0.25) is 32.6 Å². The molecule has 5 fully saturated rings. The van der Waals surface area contributed by atoms with Crippen molar-refractivity contribution in [1.29, 1.82) is 0 Å². The molecule has 7 aromatic heterocycles. The molecule has 20 atom stereocenters. The van der Waals surface area contributed by atoms with Gasteiger partial charge in [0.1, 0.15) is 158 Å². The number of rotatable bonds is 35. The van der Waals surface area contributed by atoms with Crippen LogP contribution in [0.3, 0.4) is 0 Å². The molecule has 0 amide bonds. The number of fused-ring (bicyclic) bond motifs is 2. The molecule has 15 rings (SSSR count). The number of aliphatic hydroxyl groups excluding tert-OH is 5. The van der Waals surface area contributed by atoms with Gasteiger partial charge in [0.25, 0.3) is 5.56 Å². The van der Waals surface area contributed by atoms with Crippen LogP contribution in [-0.2, 0) is 80.5 Å². The largest absolute Gasteiger partial charge is 0.468 e. The molecule has 47 nitrogen and oxygen atoms in total. The van der Waals surface area contributed by atoms with E-state index in [0.717, 1.165) is 4.57 Å². The van der Waals surface area contributed by atoms with Crippen molar-refractivity contribution in [3.63, 3.8) is 0 Å². The normalized spacial score (nSPS) is 25.0. The Balaban J connectivity index is 0.000000200. The second-order valence-corrected chi connectivity index (χ2v) is 27.9. The van der Waals surface area contributed by atoms with Crippen LogP contribution in [0.25, 0.3) is 22.3 Å². The van der Waals surface area contributed by atoms with Crippen LogP contribution >= 0.6 is 0 Å². The first-order valence-corrected chi connectivity index (χ1v) is 42.4. The molecule has 0 saturated carbocycles. The smallest absolute Gasteiger partial charge is 0.351 e. The van der Waals surface area contributed by atoms with Crippen LogP contribution in [0.5, 0.6) is 17.2 Å². The second kappa shape index (κ2) is 55.4. The van der Waals surface area contributed by atoms with Gasteiger partial charge in [-0.1, -0.05) is 96.1 Å². The summed E-state index contributed by atoms with van der Waals surface area (Å²) in [4.78, 5) is 81.6. The Kier molecular flexibility index (Phi) is 44.6. The molecule has 5 aliphatic rings. The minimum absolute atomic E-state index is 0.0432. The minimum atomic E-state index is -1.11. The fourth-order valence-electron chi connectivity index (χ4n) is 13.7. The average Bonchev–Trinajstić information content (AvgIpc) is 1.62. The molecule has 0 spiro atoms. The minimum Gasteiger partial charge on any atom is -0.468 e. The zero-order valence-electron chi connectivity index (χ0n) is 75.6. The zero-order chi connectivity index (χ0) is 95.8. The van der Waals surface area contributed by atoms with Crippen molar-refractivity contribution in [3.8, 4) is 17.2 Å². The van der Waals surface area contributed by atoms with Crippen LogP contribution in [0, 0.1) is 0 Å². The number of aromatic amines is 1.